The van der Waals surface area contributed by atoms with Crippen LogP contribution in [0.5, 0.6) is 0 Å². The van der Waals surface area contributed by atoms with Crippen molar-refractivity contribution in [3.63, 3.8) is 0 Å². The van der Waals surface area contributed by atoms with E-state index >= 15 is 0 Å². The minimum atomic E-state index is -0.651. The molecule has 2 heterocycles. The van der Waals surface area contributed by atoms with Gasteiger partial charge < -0.3 is 10.4 Å². The third-order valence-corrected chi connectivity index (χ3v) is 3.68. The molecular weight excluding hydrogens is 166 g/mol. The van der Waals surface area contributed by atoms with Gasteiger partial charge in [0.2, 0.25) is 0 Å². The number of hydrogen-bond acceptors (Lipinski definition) is 2. The third-order valence-electron chi connectivity index (χ3n) is 3.68. The summed E-state index contributed by atoms with van der Waals surface area (Å²) < 4.78 is 0. The summed E-state index contributed by atoms with van der Waals surface area (Å²) in [6, 6.07) is 0.728. The Morgan fingerprint density at radius 2 is 2.15 bits per heavy atom. The van der Waals surface area contributed by atoms with Crippen LogP contribution < -0.4 is 5.32 Å². The van der Waals surface area contributed by atoms with E-state index in [9.17, 15) is 4.79 Å². The lowest BCUT2D eigenvalue weighted by molar-refractivity contribution is -0.138. The largest absolute Gasteiger partial charge is 0.481 e. The number of carbonyl (C=O) groups is 1. The quantitative estimate of drug-likeness (QED) is 0.695. The average molecular weight is 183 g/mol. The molecule has 0 spiro atoms. The Morgan fingerprint density at radius 1 is 1.46 bits per heavy atom. The molecule has 0 aromatic rings. The van der Waals surface area contributed by atoms with Gasteiger partial charge in [-0.25, -0.2) is 0 Å². The molecule has 3 heteroatoms. The van der Waals surface area contributed by atoms with E-state index < -0.39 is 5.97 Å². The Hall–Kier alpha value is -0.570. The molecule has 0 radical (unpaired) electrons. The summed E-state index contributed by atoms with van der Waals surface area (Å²) >= 11 is 0. The number of rotatable bonds is 3. The number of nitrogens with one attached hydrogen (secondary N) is 1. The van der Waals surface area contributed by atoms with Crippen molar-refractivity contribution < 1.29 is 9.90 Å². The molecule has 1 aliphatic carbocycles. The van der Waals surface area contributed by atoms with E-state index in [1.165, 1.54) is 25.7 Å². The number of carboxylic acid groups (broad SMARTS) is 1. The summed E-state index contributed by atoms with van der Waals surface area (Å²) in [5.74, 6) is -0.651. The second-order valence-corrected chi connectivity index (χ2v) is 4.55. The van der Waals surface area contributed by atoms with Gasteiger partial charge >= 0.3 is 5.97 Å². The molecule has 13 heavy (non-hydrogen) atoms. The molecule has 3 aliphatic rings. The lowest BCUT2D eigenvalue weighted by Crippen LogP contribution is -2.51. The van der Waals surface area contributed by atoms with Crippen molar-refractivity contribution in [2.24, 2.45) is 5.41 Å². The highest BCUT2D eigenvalue weighted by molar-refractivity contribution is 5.66. The van der Waals surface area contributed by atoms with Crippen molar-refractivity contribution in [3.05, 3.63) is 0 Å². The summed E-state index contributed by atoms with van der Waals surface area (Å²) in [4.78, 5) is 10.5. The maximum atomic E-state index is 10.5. The van der Waals surface area contributed by atoms with Crippen LogP contribution in [0.15, 0.2) is 0 Å². The first-order valence-electron chi connectivity index (χ1n) is 5.15. The number of piperidine rings is 2. The number of fused-ring (bicyclic) bond motifs is 3. The zero-order valence-electron chi connectivity index (χ0n) is 7.88. The molecule has 0 unspecified atom stereocenters. The van der Waals surface area contributed by atoms with E-state index in [0.717, 1.165) is 19.0 Å². The molecule has 0 atom stereocenters. The predicted octanol–water partition coefficient (Wildman–Crippen LogP) is 1.38. The van der Waals surface area contributed by atoms with Crippen LogP contribution in [-0.4, -0.2) is 23.7 Å². The Kier molecular flexibility index (Phi) is 2.28. The zero-order valence-corrected chi connectivity index (χ0v) is 7.88. The molecule has 3 rings (SSSR count). The van der Waals surface area contributed by atoms with Gasteiger partial charge in [0.15, 0.2) is 0 Å². The fourth-order valence-electron chi connectivity index (χ4n) is 2.68. The predicted molar refractivity (Wildman–Crippen MR) is 49.6 cm³/mol. The first-order valence-corrected chi connectivity index (χ1v) is 5.15. The molecule has 0 aromatic heterocycles. The van der Waals surface area contributed by atoms with Crippen molar-refractivity contribution in [2.75, 3.05) is 6.54 Å². The van der Waals surface area contributed by atoms with Gasteiger partial charge in [0.1, 0.15) is 0 Å². The first-order chi connectivity index (χ1) is 6.20. The summed E-state index contributed by atoms with van der Waals surface area (Å²) in [5.41, 5.74) is 0.327. The van der Waals surface area contributed by atoms with Gasteiger partial charge in [0.05, 0.1) is 0 Å². The van der Waals surface area contributed by atoms with Gasteiger partial charge in [-0.3, -0.25) is 4.79 Å². The van der Waals surface area contributed by atoms with Crippen LogP contribution in [0.2, 0.25) is 0 Å². The first kappa shape index (κ1) is 9.00. The SMILES string of the molecule is O=C(O)CCC12CCC(CC1)NC2. The second-order valence-electron chi connectivity index (χ2n) is 4.55. The lowest BCUT2D eigenvalue weighted by atomic mass is 9.66. The smallest absolute Gasteiger partial charge is 0.303 e. The summed E-state index contributed by atoms with van der Waals surface area (Å²) in [6.07, 6.45) is 6.17. The van der Waals surface area contributed by atoms with Crippen LogP contribution in [0, 0.1) is 5.41 Å². The van der Waals surface area contributed by atoms with E-state index in [1.807, 2.05) is 0 Å². The highest BCUT2D eigenvalue weighted by Crippen LogP contribution is 2.43. The van der Waals surface area contributed by atoms with Crippen molar-refractivity contribution in [1.29, 1.82) is 0 Å². The Bertz CT molecular complexity index is 193. The Labute approximate surface area is 78.5 Å². The van der Waals surface area contributed by atoms with E-state index in [1.54, 1.807) is 0 Å². The van der Waals surface area contributed by atoms with Gasteiger partial charge in [0.25, 0.3) is 0 Å². The van der Waals surface area contributed by atoms with Crippen molar-refractivity contribution in [2.45, 2.75) is 44.6 Å². The average Bonchev–Trinajstić information content (AvgIpc) is 2.18. The van der Waals surface area contributed by atoms with Gasteiger partial charge in [-0.05, 0) is 37.5 Å². The normalized spacial score (nSPS) is 37.7. The van der Waals surface area contributed by atoms with Crippen LogP contribution in [0.4, 0.5) is 0 Å². The van der Waals surface area contributed by atoms with Crippen LogP contribution in [-0.2, 0) is 4.79 Å². The second kappa shape index (κ2) is 3.29. The molecule has 2 aliphatic heterocycles. The fourth-order valence-corrected chi connectivity index (χ4v) is 2.68. The van der Waals surface area contributed by atoms with Crippen molar-refractivity contribution in [1.82, 2.24) is 5.32 Å². The molecule has 0 amide bonds. The third kappa shape index (κ3) is 1.85. The maximum absolute atomic E-state index is 10.5. The van der Waals surface area contributed by atoms with Crippen LogP contribution in [0.1, 0.15) is 38.5 Å². The summed E-state index contributed by atoms with van der Waals surface area (Å²) in [6.45, 7) is 1.05. The van der Waals surface area contributed by atoms with Crippen LogP contribution in [0.25, 0.3) is 0 Å². The van der Waals surface area contributed by atoms with Gasteiger partial charge in [-0.2, -0.15) is 0 Å². The van der Waals surface area contributed by atoms with Crippen LogP contribution >= 0.6 is 0 Å². The van der Waals surface area contributed by atoms with E-state index in [4.69, 9.17) is 5.11 Å². The van der Waals surface area contributed by atoms with Gasteiger partial charge in [-0.1, -0.05) is 0 Å². The monoisotopic (exact) mass is 183 g/mol. The number of aliphatic carboxylic acids is 1. The van der Waals surface area contributed by atoms with Crippen LogP contribution in [0.3, 0.4) is 0 Å². The zero-order chi connectivity index (χ0) is 9.31. The van der Waals surface area contributed by atoms with Crippen molar-refractivity contribution >= 4 is 5.97 Å². The number of hydrogen-bond donors (Lipinski definition) is 2. The molecule has 2 N–H and O–H groups in total. The van der Waals surface area contributed by atoms with E-state index in [0.29, 0.717) is 11.8 Å². The molecule has 3 nitrogen and oxygen atoms in total. The molecule has 2 saturated heterocycles. The minimum absolute atomic E-state index is 0.327. The van der Waals surface area contributed by atoms with Gasteiger partial charge in [0, 0.05) is 19.0 Å². The maximum Gasteiger partial charge on any atom is 0.303 e. The fraction of sp³-hybridized carbons (Fsp3) is 0.900. The highest BCUT2D eigenvalue weighted by atomic mass is 16.4. The summed E-state index contributed by atoms with van der Waals surface area (Å²) in [7, 11) is 0. The Morgan fingerprint density at radius 3 is 2.62 bits per heavy atom. The van der Waals surface area contributed by atoms with Gasteiger partial charge in [-0.15, -0.1) is 0 Å². The van der Waals surface area contributed by atoms with E-state index in [2.05, 4.69) is 5.32 Å². The number of carboxylic acids is 1. The molecular formula is C10H17NO2. The standard InChI is InChI=1S/C10H17NO2/c12-9(13)3-6-10-4-1-8(2-5-10)11-7-10/h8,11H,1-7H2,(H,12,13). The molecule has 1 saturated carbocycles. The summed E-state index contributed by atoms with van der Waals surface area (Å²) in [5, 5.41) is 12.1. The minimum Gasteiger partial charge on any atom is -0.481 e. The topological polar surface area (TPSA) is 49.3 Å². The van der Waals surface area contributed by atoms with E-state index in [-0.39, 0.29) is 0 Å². The Balaban J connectivity index is 1.91. The molecule has 0 aromatic carbocycles. The highest BCUT2D eigenvalue weighted by Gasteiger charge is 2.39. The molecule has 3 fully saturated rings. The molecule has 74 valence electrons. The molecule has 2 bridgehead atoms. The lowest BCUT2D eigenvalue weighted by Gasteiger charge is -2.47. The van der Waals surface area contributed by atoms with Crippen molar-refractivity contribution in [3.8, 4) is 0 Å².